The number of benzene rings is 2. The molecule has 110 valence electrons. The number of hydrogen-bond donors (Lipinski definition) is 2. The fourth-order valence-electron chi connectivity index (χ4n) is 2.18. The van der Waals surface area contributed by atoms with Crippen LogP contribution in [0.1, 0.15) is 15.9 Å². The maximum atomic E-state index is 12.3. The molecule has 0 spiro atoms. The van der Waals surface area contributed by atoms with Crippen LogP contribution in [-0.4, -0.2) is 5.91 Å². The van der Waals surface area contributed by atoms with Gasteiger partial charge in [-0.1, -0.05) is 24.3 Å². The van der Waals surface area contributed by atoms with Crippen molar-refractivity contribution in [1.82, 2.24) is 0 Å². The molecular weight excluding hydrogens is 280 g/mol. The largest absolute Gasteiger partial charge is 0.422 e. The van der Waals surface area contributed by atoms with Gasteiger partial charge in [0.2, 0.25) is 0 Å². The zero-order valence-electron chi connectivity index (χ0n) is 11.9. The Morgan fingerprint density at radius 1 is 1.14 bits per heavy atom. The van der Waals surface area contributed by atoms with Crippen LogP contribution >= 0.6 is 0 Å². The van der Waals surface area contributed by atoms with Crippen LogP contribution in [0, 0.1) is 6.92 Å². The molecule has 0 aliphatic rings. The Morgan fingerprint density at radius 2 is 1.91 bits per heavy atom. The third-order valence-electron chi connectivity index (χ3n) is 3.40. The predicted molar refractivity (Wildman–Crippen MR) is 86.0 cm³/mol. The number of amides is 1. The molecule has 2 aromatic carbocycles. The highest BCUT2D eigenvalue weighted by Crippen LogP contribution is 2.19. The molecule has 0 atom stereocenters. The van der Waals surface area contributed by atoms with Gasteiger partial charge in [-0.15, -0.1) is 0 Å². The number of nitrogens with two attached hydrogens (primary N) is 1. The average molecular weight is 294 g/mol. The van der Waals surface area contributed by atoms with Crippen LogP contribution in [0.15, 0.2) is 57.7 Å². The van der Waals surface area contributed by atoms with Crippen LogP contribution in [0.25, 0.3) is 11.0 Å². The van der Waals surface area contributed by atoms with Gasteiger partial charge in [-0.3, -0.25) is 4.79 Å². The monoisotopic (exact) mass is 294 g/mol. The Kier molecular flexibility index (Phi) is 3.39. The highest BCUT2D eigenvalue weighted by atomic mass is 16.4. The zero-order valence-corrected chi connectivity index (χ0v) is 11.9. The second-order valence-electron chi connectivity index (χ2n) is 5.01. The number of para-hydroxylation sites is 1. The Morgan fingerprint density at radius 3 is 2.73 bits per heavy atom. The van der Waals surface area contributed by atoms with Crippen LogP contribution in [0.4, 0.5) is 11.4 Å². The molecule has 0 fully saturated rings. The zero-order chi connectivity index (χ0) is 15.7. The maximum absolute atomic E-state index is 12.3. The van der Waals surface area contributed by atoms with E-state index in [1.165, 1.54) is 6.07 Å². The van der Waals surface area contributed by atoms with Gasteiger partial charge in [-0.05, 0) is 36.8 Å². The van der Waals surface area contributed by atoms with Gasteiger partial charge in [-0.25, -0.2) is 4.79 Å². The smallest absolute Gasteiger partial charge is 0.349 e. The van der Waals surface area contributed by atoms with E-state index in [2.05, 4.69) is 5.32 Å². The Hall–Kier alpha value is -3.08. The Balaban J connectivity index is 2.00. The minimum atomic E-state index is -0.669. The third kappa shape index (κ3) is 2.56. The summed E-state index contributed by atoms with van der Waals surface area (Å²) < 4.78 is 5.16. The van der Waals surface area contributed by atoms with Crippen molar-refractivity contribution in [3.05, 3.63) is 70.1 Å². The molecule has 0 saturated heterocycles. The van der Waals surface area contributed by atoms with Crippen LogP contribution < -0.4 is 16.7 Å². The first-order valence-corrected chi connectivity index (χ1v) is 6.75. The van der Waals surface area contributed by atoms with E-state index >= 15 is 0 Å². The molecule has 1 aromatic heterocycles. The summed E-state index contributed by atoms with van der Waals surface area (Å²) in [6.45, 7) is 1.85. The van der Waals surface area contributed by atoms with Gasteiger partial charge in [0, 0.05) is 16.8 Å². The Labute approximate surface area is 126 Å². The first kappa shape index (κ1) is 13.9. The van der Waals surface area contributed by atoms with E-state index in [1.807, 2.05) is 13.0 Å². The molecule has 1 amide bonds. The summed E-state index contributed by atoms with van der Waals surface area (Å²) in [6, 6.07) is 13.8. The molecule has 5 nitrogen and oxygen atoms in total. The molecule has 1 heterocycles. The molecule has 3 aromatic rings. The maximum Gasteiger partial charge on any atom is 0.349 e. The highest BCUT2D eigenvalue weighted by molar-refractivity contribution is 6.05. The van der Waals surface area contributed by atoms with Gasteiger partial charge >= 0.3 is 5.63 Å². The highest BCUT2D eigenvalue weighted by Gasteiger charge is 2.14. The number of aryl methyl sites for hydroxylation is 1. The lowest BCUT2D eigenvalue weighted by Gasteiger charge is -2.09. The second kappa shape index (κ2) is 5.37. The van der Waals surface area contributed by atoms with Gasteiger partial charge in [0.1, 0.15) is 11.1 Å². The number of rotatable bonds is 2. The van der Waals surface area contributed by atoms with Crippen LogP contribution in [0.3, 0.4) is 0 Å². The van der Waals surface area contributed by atoms with Gasteiger partial charge in [-0.2, -0.15) is 0 Å². The Bertz CT molecular complexity index is 929. The van der Waals surface area contributed by atoms with E-state index in [-0.39, 0.29) is 5.56 Å². The molecule has 0 aliphatic heterocycles. The molecule has 3 N–H and O–H groups in total. The normalized spacial score (nSPS) is 10.6. The first-order chi connectivity index (χ1) is 10.5. The standard InChI is InChI=1S/C17H14N2O3/c1-10-6-7-12(18)9-14(10)19-16(20)13-8-11-4-2-3-5-15(11)22-17(13)21/h2-9H,18H2,1H3,(H,19,20). The molecular formula is C17H14N2O3. The molecule has 5 heteroatoms. The van der Waals surface area contributed by atoms with E-state index in [1.54, 1.807) is 36.4 Å². The lowest BCUT2D eigenvalue weighted by Crippen LogP contribution is -2.21. The van der Waals surface area contributed by atoms with E-state index < -0.39 is 11.5 Å². The number of anilines is 2. The van der Waals surface area contributed by atoms with E-state index in [4.69, 9.17) is 10.2 Å². The van der Waals surface area contributed by atoms with Gasteiger partial charge in [0.05, 0.1) is 0 Å². The SMILES string of the molecule is Cc1ccc(N)cc1NC(=O)c1cc2ccccc2oc1=O. The average Bonchev–Trinajstić information content (AvgIpc) is 2.50. The predicted octanol–water partition coefficient (Wildman–Crippen LogP) is 2.94. The van der Waals surface area contributed by atoms with Crippen molar-refractivity contribution in [3.63, 3.8) is 0 Å². The fraction of sp³-hybridized carbons (Fsp3) is 0.0588. The molecule has 0 radical (unpaired) electrons. The summed E-state index contributed by atoms with van der Waals surface area (Å²) in [5.74, 6) is -0.520. The minimum Gasteiger partial charge on any atom is -0.422 e. The van der Waals surface area contributed by atoms with Gasteiger partial charge in [0.25, 0.3) is 5.91 Å². The van der Waals surface area contributed by atoms with Crippen molar-refractivity contribution in [2.24, 2.45) is 0 Å². The number of fused-ring (bicyclic) bond motifs is 1. The summed E-state index contributed by atoms with van der Waals surface area (Å²) in [4.78, 5) is 24.3. The van der Waals surface area contributed by atoms with Crippen molar-refractivity contribution in [3.8, 4) is 0 Å². The summed E-state index contributed by atoms with van der Waals surface area (Å²) in [6.07, 6.45) is 0. The van der Waals surface area contributed by atoms with Crippen molar-refractivity contribution in [2.45, 2.75) is 6.92 Å². The summed E-state index contributed by atoms with van der Waals surface area (Å²) in [5, 5.41) is 3.39. The molecule has 0 unspecified atom stereocenters. The van der Waals surface area contributed by atoms with Crippen molar-refractivity contribution in [1.29, 1.82) is 0 Å². The minimum absolute atomic E-state index is 0.0412. The van der Waals surface area contributed by atoms with Crippen molar-refractivity contribution < 1.29 is 9.21 Å². The molecule has 0 bridgehead atoms. The van der Waals surface area contributed by atoms with Crippen LogP contribution in [-0.2, 0) is 0 Å². The van der Waals surface area contributed by atoms with Crippen LogP contribution in [0.5, 0.6) is 0 Å². The summed E-state index contributed by atoms with van der Waals surface area (Å²) >= 11 is 0. The summed E-state index contributed by atoms with van der Waals surface area (Å²) in [5.41, 5.74) is 7.41. The van der Waals surface area contributed by atoms with Crippen LogP contribution in [0.2, 0.25) is 0 Å². The summed E-state index contributed by atoms with van der Waals surface area (Å²) in [7, 11) is 0. The molecule has 22 heavy (non-hydrogen) atoms. The molecule has 0 aliphatic carbocycles. The second-order valence-corrected chi connectivity index (χ2v) is 5.01. The van der Waals surface area contributed by atoms with Gasteiger partial charge < -0.3 is 15.5 Å². The van der Waals surface area contributed by atoms with Crippen molar-refractivity contribution in [2.75, 3.05) is 11.1 Å². The number of carbonyl (C=O) groups excluding carboxylic acids is 1. The van der Waals surface area contributed by atoms with E-state index in [9.17, 15) is 9.59 Å². The quantitative estimate of drug-likeness (QED) is 0.562. The van der Waals surface area contributed by atoms with E-state index in [0.717, 1.165) is 5.56 Å². The number of nitrogen functional groups attached to an aromatic ring is 1. The van der Waals surface area contributed by atoms with E-state index in [0.29, 0.717) is 22.3 Å². The topological polar surface area (TPSA) is 85.3 Å². The lowest BCUT2D eigenvalue weighted by molar-refractivity contribution is 0.102. The van der Waals surface area contributed by atoms with Gasteiger partial charge in [0.15, 0.2) is 0 Å². The number of hydrogen-bond acceptors (Lipinski definition) is 4. The lowest BCUT2D eigenvalue weighted by atomic mass is 10.1. The first-order valence-electron chi connectivity index (χ1n) is 6.75. The molecule has 0 saturated carbocycles. The number of nitrogens with one attached hydrogen (secondary N) is 1. The number of carbonyl (C=O) groups is 1. The van der Waals surface area contributed by atoms with Crippen molar-refractivity contribution >= 4 is 28.3 Å². The molecule has 3 rings (SSSR count). The fourth-order valence-corrected chi connectivity index (χ4v) is 2.18. The third-order valence-corrected chi connectivity index (χ3v) is 3.40.